The van der Waals surface area contributed by atoms with E-state index < -0.39 is 12.1 Å². The molecule has 1 unspecified atom stereocenters. The number of benzene rings is 1. The molecule has 0 aliphatic rings. The van der Waals surface area contributed by atoms with Crippen molar-refractivity contribution in [3.8, 4) is 5.75 Å². The van der Waals surface area contributed by atoms with Gasteiger partial charge in [-0.25, -0.2) is 4.79 Å². The van der Waals surface area contributed by atoms with Crippen molar-refractivity contribution < 1.29 is 14.6 Å². The molecule has 1 atom stereocenters. The predicted molar refractivity (Wildman–Crippen MR) is 48.2 cm³/mol. The highest BCUT2D eigenvalue weighted by Crippen LogP contribution is 2.13. The molecule has 0 fully saturated rings. The van der Waals surface area contributed by atoms with Gasteiger partial charge in [0.25, 0.3) is 0 Å². The van der Waals surface area contributed by atoms with Crippen molar-refractivity contribution in [2.45, 2.75) is 13.0 Å². The van der Waals surface area contributed by atoms with E-state index in [4.69, 9.17) is 15.6 Å². The molecule has 0 amide bonds. The highest BCUT2D eigenvalue weighted by Gasteiger charge is 2.10. The van der Waals surface area contributed by atoms with E-state index in [2.05, 4.69) is 0 Å². The van der Waals surface area contributed by atoms with E-state index in [0.717, 1.165) is 0 Å². The molecule has 0 aromatic heterocycles. The number of carbonyl (C=O) groups excluding carboxylic acids is 1. The maximum atomic E-state index is 10.9. The number of hydrogen-bond donors (Lipinski definition) is 2. The summed E-state index contributed by atoms with van der Waals surface area (Å²) in [6.45, 7) is 1.35. The number of esters is 1. The second-order valence-corrected chi connectivity index (χ2v) is 2.67. The van der Waals surface area contributed by atoms with Crippen molar-refractivity contribution in [3.63, 3.8) is 0 Å². The van der Waals surface area contributed by atoms with E-state index in [-0.39, 0.29) is 0 Å². The summed E-state index contributed by atoms with van der Waals surface area (Å²) in [6, 6.07) is 6.36. The Bertz CT molecular complexity index is 292. The molecule has 0 spiro atoms. The van der Waals surface area contributed by atoms with E-state index in [1.807, 2.05) is 0 Å². The first-order valence-electron chi connectivity index (χ1n) is 3.85. The van der Waals surface area contributed by atoms with Gasteiger partial charge in [0, 0.05) is 5.69 Å². The largest absolute Gasteiger partial charge is 0.425 e. The van der Waals surface area contributed by atoms with Gasteiger partial charge in [-0.15, -0.1) is 0 Å². The number of nitrogen functional groups attached to an aromatic ring is 1. The number of carbonyl (C=O) groups is 1. The molecule has 0 heterocycles. The minimum atomic E-state index is -1.11. The monoisotopic (exact) mass is 181 g/mol. The van der Waals surface area contributed by atoms with Gasteiger partial charge < -0.3 is 15.6 Å². The lowest BCUT2D eigenvalue weighted by Crippen LogP contribution is -2.22. The third-order valence-electron chi connectivity index (χ3n) is 1.44. The maximum Gasteiger partial charge on any atom is 0.340 e. The first-order valence-corrected chi connectivity index (χ1v) is 3.85. The molecule has 1 rings (SSSR count). The zero-order chi connectivity index (χ0) is 9.84. The fourth-order valence-corrected chi connectivity index (χ4v) is 0.737. The minimum absolute atomic E-state index is 0.375. The van der Waals surface area contributed by atoms with Crippen LogP contribution in [0.25, 0.3) is 0 Å². The number of nitrogens with two attached hydrogens (primary N) is 1. The van der Waals surface area contributed by atoms with E-state index in [1.165, 1.54) is 6.92 Å². The summed E-state index contributed by atoms with van der Waals surface area (Å²) in [5.74, 6) is -0.301. The molecule has 0 saturated heterocycles. The zero-order valence-electron chi connectivity index (χ0n) is 7.23. The molecular formula is C9H11NO3. The first kappa shape index (κ1) is 9.54. The smallest absolute Gasteiger partial charge is 0.340 e. The molecule has 70 valence electrons. The van der Waals surface area contributed by atoms with Crippen molar-refractivity contribution in [2.24, 2.45) is 0 Å². The van der Waals surface area contributed by atoms with Crippen LogP contribution in [-0.2, 0) is 4.79 Å². The highest BCUT2D eigenvalue weighted by molar-refractivity contribution is 5.76. The maximum absolute atomic E-state index is 10.9. The summed E-state index contributed by atoms with van der Waals surface area (Å²) >= 11 is 0. The molecule has 1 aromatic carbocycles. The Labute approximate surface area is 75.9 Å². The van der Waals surface area contributed by atoms with Crippen LogP contribution >= 0.6 is 0 Å². The van der Waals surface area contributed by atoms with Crippen LogP contribution in [0.2, 0.25) is 0 Å². The lowest BCUT2D eigenvalue weighted by Gasteiger charge is -2.05. The lowest BCUT2D eigenvalue weighted by molar-refractivity contribution is -0.142. The summed E-state index contributed by atoms with van der Waals surface area (Å²) in [5.41, 5.74) is 6.02. The van der Waals surface area contributed by atoms with Crippen molar-refractivity contribution in [1.29, 1.82) is 0 Å². The van der Waals surface area contributed by atoms with Crippen LogP contribution in [-0.4, -0.2) is 17.2 Å². The number of aliphatic hydroxyl groups is 1. The van der Waals surface area contributed by atoms with Crippen LogP contribution in [0, 0.1) is 0 Å². The average Bonchev–Trinajstić information content (AvgIpc) is 2.08. The Hall–Kier alpha value is -1.55. The zero-order valence-corrected chi connectivity index (χ0v) is 7.23. The van der Waals surface area contributed by atoms with Gasteiger partial charge in [0.15, 0.2) is 0 Å². The first-order chi connectivity index (χ1) is 6.09. The fourth-order valence-electron chi connectivity index (χ4n) is 0.737. The van der Waals surface area contributed by atoms with Crippen LogP contribution < -0.4 is 10.5 Å². The molecule has 4 heteroatoms. The van der Waals surface area contributed by atoms with E-state index >= 15 is 0 Å². The second-order valence-electron chi connectivity index (χ2n) is 2.67. The molecule has 1 aromatic rings. The summed E-state index contributed by atoms with van der Waals surface area (Å²) in [5, 5.41) is 8.84. The molecule has 0 saturated carbocycles. The normalized spacial score (nSPS) is 12.2. The summed E-state index contributed by atoms with van der Waals surface area (Å²) in [6.07, 6.45) is -1.11. The van der Waals surface area contributed by atoms with Gasteiger partial charge >= 0.3 is 5.97 Å². The quantitative estimate of drug-likeness (QED) is 0.397. The van der Waals surface area contributed by atoms with Gasteiger partial charge in [-0.1, -0.05) is 0 Å². The Morgan fingerprint density at radius 1 is 1.46 bits per heavy atom. The summed E-state index contributed by atoms with van der Waals surface area (Å²) in [7, 11) is 0. The van der Waals surface area contributed by atoms with Gasteiger partial charge in [0.05, 0.1) is 0 Å². The van der Waals surface area contributed by atoms with Crippen LogP contribution in [0.5, 0.6) is 5.75 Å². The number of aliphatic hydroxyl groups excluding tert-OH is 1. The van der Waals surface area contributed by atoms with Gasteiger partial charge in [0.2, 0.25) is 0 Å². The van der Waals surface area contributed by atoms with E-state index in [0.29, 0.717) is 11.4 Å². The SMILES string of the molecule is CC(O)C(=O)Oc1ccc(N)cc1. The lowest BCUT2D eigenvalue weighted by atomic mass is 10.3. The van der Waals surface area contributed by atoms with Crippen molar-refractivity contribution in [3.05, 3.63) is 24.3 Å². The second kappa shape index (κ2) is 3.91. The fraction of sp³-hybridized carbons (Fsp3) is 0.222. The predicted octanol–water partition coefficient (Wildman–Crippen LogP) is 0.555. The van der Waals surface area contributed by atoms with E-state index in [1.54, 1.807) is 24.3 Å². The van der Waals surface area contributed by atoms with Crippen molar-refractivity contribution in [2.75, 3.05) is 5.73 Å². The Morgan fingerprint density at radius 3 is 2.46 bits per heavy atom. The summed E-state index contributed by atoms with van der Waals surface area (Å²) < 4.78 is 4.79. The number of ether oxygens (including phenoxy) is 1. The molecule has 0 aliphatic heterocycles. The minimum Gasteiger partial charge on any atom is -0.425 e. The van der Waals surface area contributed by atoms with Gasteiger partial charge in [-0.05, 0) is 31.2 Å². The Kier molecular flexibility index (Phi) is 2.87. The van der Waals surface area contributed by atoms with Crippen LogP contribution in [0.15, 0.2) is 24.3 Å². The molecule has 0 bridgehead atoms. The topological polar surface area (TPSA) is 72.5 Å². The molecule has 3 N–H and O–H groups in total. The Morgan fingerprint density at radius 2 is 2.00 bits per heavy atom. The van der Waals surface area contributed by atoms with Crippen LogP contribution in [0.3, 0.4) is 0 Å². The van der Waals surface area contributed by atoms with Crippen molar-refractivity contribution >= 4 is 11.7 Å². The third kappa shape index (κ3) is 2.76. The standard InChI is InChI=1S/C9H11NO3/c1-6(11)9(12)13-8-4-2-7(10)3-5-8/h2-6,11H,10H2,1H3. The molecule has 4 nitrogen and oxygen atoms in total. The van der Waals surface area contributed by atoms with Gasteiger partial charge in [-0.2, -0.15) is 0 Å². The number of hydrogen-bond acceptors (Lipinski definition) is 4. The molecule has 0 aliphatic carbocycles. The molecule has 13 heavy (non-hydrogen) atoms. The summed E-state index contributed by atoms with van der Waals surface area (Å²) in [4.78, 5) is 10.9. The number of anilines is 1. The Balaban J connectivity index is 2.65. The third-order valence-corrected chi connectivity index (χ3v) is 1.44. The van der Waals surface area contributed by atoms with Crippen LogP contribution in [0.1, 0.15) is 6.92 Å². The number of rotatable bonds is 2. The van der Waals surface area contributed by atoms with E-state index in [9.17, 15) is 4.79 Å². The van der Waals surface area contributed by atoms with Crippen LogP contribution in [0.4, 0.5) is 5.69 Å². The van der Waals surface area contributed by atoms with Gasteiger partial charge in [-0.3, -0.25) is 0 Å². The average molecular weight is 181 g/mol. The van der Waals surface area contributed by atoms with Crippen molar-refractivity contribution in [1.82, 2.24) is 0 Å². The molecular weight excluding hydrogens is 170 g/mol. The molecule has 0 radical (unpaired) electrons. The highest BCUT2D eigenvalue weighted by atomic mass is 16.5. The van der Waals surface area contributed by atoms with Gasteiger partial charge in [0.1, 0.15) is 11.9 Å².